The van der Waals surface area contributed by atoms with Crippen molar-refractivity contribution in [1.82, 2.24) is 10.1 Å². The predicted molar refractivity (Wildman–Crippen MR) is 158 cm³/mol. The summed E-state index contributed by atoms with van der Waals surface area (Å²) in [5, 5.41) is 7.47. The van der Waals surface area contributed by atoms with Gasteiger partial charge in [0.2, 0.25) is 5.75 Å². The summed E-state index contributed by atoms with van der Waals surface area (Å²) in [6, 6.07) is 16.2. The number of hydrogen-bond acceptors (Lipinski definition) is 11. The molecule has 0 saturated carbocycles. The number of carbonyl (C=O) groups excluding carboxylic acids is 1. The van der Waals surface area contributed by atoms with E-state index in [2.05, 4.69) is 15.5 Å². The van der Waals surface area contributed by atoms with Gasteiger partial charge in [-0.25, -0.2) is 4.98 Å². The number of anilines is 1. The van der Waals surface area contributed by atoms with Crippen molar-refractivity contribution in [2.75, 3.05) is 47.0 Å². The molecule has 0 atom stereocenters. The number of nitrogens with one attached hydrogen (secondary N) is 1. The number of hydrogen-bond donors (Lipinski definition) is 1. The van der Waals surface area contributed by atoms with Gasteiger partial charge < -0.3 is 32.9 Å². The molecule has 0 fully saturated rings. The van der Waals surface area contributed by atoms with E-state index in [9.17, 15) is 4.79 Å². The first-order valence-corrected chi connectivity index (χ1v) is 13.7. The Morgan fingerprint density at radius 1 is 0.833 bits per heavy atom. The molecule has 5 rings (SSSR count). The van der Waals surface area contributed by atoms with E-state index in [1.165, 1.54) is 18.4 Å². The Balaban J connectivity index is 1.31. The number of ether oxygens (including phenoxy) is 6. The van der Waals surface area contributed by atoms with Crippen LogP contribution in [0.2, 0.25) is 0 Å². The van der Waals surface area contributed by atoms with Crippen LogP contribution in [0.4, 0.5) is 5.13 Å². The van der Waals surface area contributed by atoms with Crippen LogP contribution in [0.5, 0.6) is 34.5 Å². The van der Waals surface area contributed by atoms with Gasteiger partial charge in [0.1, 0.15) is 11.4 Å². The van der Waals surface area contributed by atoms with E-state index in [0.717, 1.165) is 16.0 Å². The molecule has 0 unspecified atom stereocenters. The molecule has 12 heteroatoms. The zero-order chi connectivity index (χ0) is 29.6. The number of thiazole rings is 1. The molecule has 0 aliphatic rings. The summed E-state index contributed by atoms with van der Waals surface area (Å²) in [5.41, 5.74) is 2.69. The Morgan fingerprint density at radius 3 is 2.26 bits per heavy atom. The number of aromatic nitrogens is 2. The minimum absolute atomic E-state index is 0.257. The van der Waals surface area contributed by atoms with Crippen LogP contribution in [0.1, 0.15) is 6.92 Å². The standard InChI is InChI=1S/C30H29N3O8S/c1-6-39-19-8-10-27-21(14-19)31-30(42-27)32-28(34)16-40-24-11-17(7-9-22(24)35-2)23-15-20(33-41-23)18-12-25(36-3)29(38-5)26(13-18)37-4/h7-15H,6,16H2,1-5H3,(H,31,32,34). The summed E-state index contributed by atoms with van der Waals surface area (Å²) in [6.07, 6.45) is 0. The van der Waals surface area contributed by atoms with Crippen molar-refractivity contribution in [2.24, 2.45) is 0 Å². The molecule has 5 aromatic rings. The van der Waals surface area contributed by atoms with Gasteiger partial charge in [-0.15, -0.1) is 0 Å². The molecule has 0 bridgehead atoms. The number of nitrogens with zero attached hydrogens (tertiary/aromatic N) is 2. The zero-order valence-electron chi connectivity index (χ0n) is 23.7. The first-order valence-electron chi connectivity index (χ1n) is 12.9. The fraction of sp³-hybridized carbons (Fsp3) is 0.233. The van der Waals surface area contributed by atoms with Gasteiger partial charge in [0, 0.05) is 23.3 Å². The molecule has 0 aliphatic carbocycles. The second-order valence-electron chi connectivity index (χ2n) is 8.77. The molecule has 11 nitrogen and oxygen atoms in total. The fourth-order valence-corrected chi connectivity index (χ4v) is 5.10. The third kappa shape index (κ3) is 6.03. The average molecular weight is 592 g/mol. The zero-order valence-corrected chi connectivity index (χ0v) is 24.5. The van der Waals surface area contributed by atoms with E-state index in [1.807, 2.05) is 31.2 Å². The van der Waals surface area contributed by atoms with E-state index in [-0.39, 0.29) is 12.5 Å². The maximum atomic E-state index is 12.7. The minimum atomic E-state index is -0.365. The van der Waals surface area contributed by atoms with E-state index in [0.29, 0.717) is 63.1 Å². The molecule has 42 heavy (non-hydrogen) atoms. The quantitative estimate of drug-likeness (QED) is 0.183. The molecule has 0 aliphatic heterocycles. The van der Waals surface area contributed by atoms with Gasteiger partial charge >= 0.3 is 0 Å². The van der Waals surface area contributed by atoms with E-state index in [4.69, 9.17) is 32.9 Å². The number of rotatable bonds is 12. The smallest absolute Gasteiger partial charge is 0.264 e. The lowest BCUT2D eigenvalue weighted by molar-refractivity contribution is -0.118. The van der Waals surface area contributed by atoms with Crippen molar-refractivity contribution in [2.45, 2.75) is 6.92 Å². The molecule has 0 radical (unpaired) electrons. The van der Waals surface area contributed by atoms with E-state index < -0.39 is 0 Å². The molecule has 2 heterocycles. The molecule has 218 valence electrons. The number of fused-ring (bicyclic) bond motifs is 1. The van der Waals surface area contributed by atoms with Crippen LogP contribution in [-0.4, -0.2) is 57.7 Å². The highest BCUT2D eigenvalue weighted by atomic mass is 32.1. The van der Waals surface area contributed by atoms with E-state index in [1.54, 1.807) is 51.7 Å². The van der Waals surface area contributed by atoms with Gasteiger partial charge in [0.05, 0.1) is 45.3 Å². The van der Waals surface area contributed by atoms with Crippen LogP contribution < -0.4 is 33.7 Å². The van der Waals surface area contributed by atoms with Crippen LogP contribution in [0.3, 0.4) is 0 Å². The topological polar surface area (TPSA) is 123 Å². The van der Waals surface area contributed by atoms with E-state index >= 15 is 0 Å². The fourth-order valence-electron chi connectivity index (χ4n) is 4.23. The Kier molecular flexibility index (Phi) is 8.63. The number of benzene rings is 3. The Morgan fingerprint density at radius 2 is 1.57 bits per heavy atom. The normalized spacial score (nSPS) is 10.8. The molecule has 3 aromatic carbocycles. The number of amides is 1. The number of carbonyl (C=O) groups is 1. The van der Waals surface area contributed by atoms with Gasteiger partial charge in [-0.1, -0.05) is 16.5 Å². The second-order valence-corrected chi connectivity index (χ2v) is 9.81. The second kappa shape index (κ2) is 12.7. The van der Waals surface area contributed by atoms with Gasteiger partial charge in [-0.05, 0) is 49.4 Å². The van der Waals surface area contributed by atoms with Crippen LogP contribution in [0.15, 0.2) is 59.1 Å². The van der Waals surface area contributed by atoms with Crippen molar-refractivity contribution < 1.29 is 37.7 Å². The molecule has 0 saturated heterocycles. The Hall–Kier alpha value is -4.97. The highest BCUT2D eigenvalue weighted by Crippen LogP contribution is 2.42. The van der Waals surface area contributed by atoms with Crippen LogP contribution in [-0.2, 0) is 4.79 Å². The SMILES string of the molecule is CCOc1ccc2sc(NC(=O)COc3cc(-c4cc(-c5cc(OC)c(OC)c(OC)c5)no4)ccc3OC)nc2c1. The summed E-state index contributed by atoms with van der Waals surface area (Å²) in [7, 11) is 6.16. The predicted octanol–water partition coefficient (Wildman–Crippen LogP) is 6.07. The maximum Gasteiger partial charge on any atom is 0.264 e. The molecular formula is C30H29N3O8S. The molecule has 0 spiro atoms. The van der Waals surface area contributed by atoms with Gasteiger partial charge in [0.25, 0.3) is 5.91 Å². The van der Waals surface area contributed by atoms with Crippen LogP contribution in [0, 0.1) is 0 Å². The van der Waals surface area contributed by atoms with Gasteiger partial charge in [-0.3, -0.25) is 10.1 Å². The van der Waals surface area contributed by atoms with Crippen molar-refractivity contribution in [3.63, 3.8) is 0 Å². The van der Waals surface area contributed by atoms with Gasteiger partial charge in [-0.2, -0.15) is 0 Å². The largest absolute Gasteiger partial charge is 0.494 e. The Labute approximate surface area is 245 Å². The number of methoxy groups -OCH3 is 4. The summed E-state index contributed by atoms with van der Waals surface area (Å²) in [4.78, 5) is 17.2. The van der Waals surface area contributed by atoms with Crippen LogP contribution >= 0.6 is 11.3 Å². The van der Waals surface area contributed by atoms with Crippen molar-refractivity contribution in [3.05, 3.63) is 54.6 Å². The third-order valence-corrected chi connectivity index (χ3v) is 7.15. The first kappa shape index (κ1) is 28.6. The molecule has 2 aromatic heterocycles. The summed E-state index contributed by atoms with van der Waals surface area (Å²) in [6.45, 7) is 2.22. The highest BCUT2D eigenvalue weighted by molar-refractivity contribution is 7.22. The molecule has 1 amide bonds. The summed E-state index contributed by atoms with van der Waals surface area (Å²) < 4.78 is 39.7. The lowest BCUT2D eigenvalue weighted by atomic mass is 10.1. The van der Waals surface area contributed by atoms with Crippen molar-refractivity contribution in [3.8, 4) is 57.1 Å². The monoisotopic (exact) mass is 591 g/mol. The minimum Gasteiger partial charge on any atom is -0.494 e. The van der Waals surface area contributed by atoms with Crippen LogP contribution in [0.25, 0.3) is 32.8 Å². The van der Waals surface area contributed by atoms with Gasteiger partial charge in [0.15, 0.2) is 40.5 Å². The van der Waals surface area contributed by atoms with Crippen molar-refractivity contribution >= 4 is 32.6 Å². The lowest BCUT2D eigenvalue weighted by Crippen LogP contribution is -2.20. The first-order chi connectivity index (χ1) is 20.5. The lowest BCUT2D eigenvalue weighted by Gasteiger charge is -2.13. The average Bonchev–Trinajstić information content (AvgIpc) is 3.66. The molecular weight excluding hydrogens is 562 g/mol. The summed E-state index contributed by atoms with van der Waals surface area (Å²) >= 11 is 1.37. The highest BCUT2D eigenvalue weighted by Gasteiger charge is 2.18. The van der Waals surface area contributed by atoms with Crippen molar-refractivity contribution in [1.29, 1.82) is 0 Å². The summed E-state index contributed by atoms with van der Waals surface area (Å²) in [5.74, 6) is 3.14. The maximum absolute atomic E-state index is 12.7. The Bertz CT molecular complexity index is 1690. The third-order valence-electron chi connectivity index (χ3n) is 6.19. The molecule has 1 N–H and O–H groups in total.